The Balaban J connectivity index is 2.60. The Hall–Kier alpha value is -0.910. The molecule has 2 heteroatoms. The molecule has 1 aromatic carbocycles. The lowest BCUT2D eigenvalue weighted by Crippen LogP contribution is -2.35. The molecule has 74 valence electrons. The van der Waals surface area contributed by atoms with Crippen molar-refractivity contribution >= 4 is 25.4 Å². The standard InChI is InChI=1S/C13H16B2/c1-9-10-7-5-6-8-11(10)15(14)12(9)13(2,3)4/h5-8H,1-4H3. The summed E-state index contributed by atoms with van der Waals surface area (Å²) >= 11 is 0. The van der Waals surface area contributed by atoms with Gasteiger partial charge in [-0.2, -0.15) is 0 Å². The maximum atomic E-state index is 6.31. The van der Waals surface area contributed by atoms with Crippen molar-refractivity contribution in [3.05, 3.63) is 35.3 Å². The molecule has 1 aromatic rings. The normalized spacial score (nSPS) is 15.9. The van der Waals surface area contributed by atoms with E-state index < -0.39 is 0 Å². The van der Waals surface area contributed by atoms with Crippen molar-refractivity contribution in [3.63, 3.8) is 0 Å². The van der Waals surface area contributed by atoms with Crippen LogP contribution in [0.5, 0.6) is 0 Å². The van der Waals surface area contributed by atoms with Crippen LogP contribution >= 0.6 is 0 Å². The SMILES string of the molecule is [B]B1C(C(C)(C)C)=C(C)c2ccccc21. The van der Waals surface area contributed by atoms with Gasteiger partial charge in [0.1, 0.15) is 0 Å². The highest BCUT2D eigenvalue weighted by atomic mass is 14.2. The van der Waals surface area contributed by atoms with Gasteiger partial charge in [0.15, 0.2) is 6.60 Å². The Morgan fingerprint density at radius 1 is 1.13 bits per heavy atom. The highest BCUT2D eigenvalue weighted by molar-refractivity contribution is 7.16. The average Bonchev–Trinajstić information content (AvgIpc) is 2.39. The number of benzene rings is 1. The lowest BCUT2D eigenvalue weighted by Gasteiger charge is -2.25. The van der Waals surface area contributed by atoms with Gasteiger partial charge < -0.3 is 0 Å². The number of rotatable bonds is 0. The van der Waals surface area contributed by atoms with E-state index in [-0.39, 0.29) is 12.0 Å². The second-order valence-electron chi connectivity index (χ2n) is 5.35. The van der Waals surface area contributed by atoms with Crippen LogP contribution in [-0.4, -0.2) is 14.3 Å². The van der Waals surface area contributed by atoms with Gasteiger partial charge in [0, 0.05) is 7.74 Å². The molecule has 2 rings (SSSR count). The average molecular weight is 194 g/mol. The first-order chi connectivity index (χ1) is 6.93. The van der Waals surface area contributed by atoms with Gasteiger partial charge >= 0.3 is 0 Å². The second-order valence-corrected chi connectivity index (χ2v) is 5.35. The van der Waals surface area contributed by atoms with Crippen molar-refractivity contribution in [2.75, 3.05) is 0 Å². The lowest BCUT2D eigenvalue weighted by molar-refractivity contribution is 0.531. The monoisotopic (exact) mass is 194 g/mol. The van der Waals surface area contributed by atoms with E-state index in [2.05, 4.69) is 52.0 Å². The summed E-state index contributed by atoms with van der Waals surface area (Å²) < 4.78 is 0. The highest BCUT2D eigenvalue weighted by Crippen LogP contribution is 2.36. The van der Waals surface area contributed by atoms with Crippen LogP contribution in [0, 0.1) is 5.41 Å². The van der Waals surface area contributed by atoms with Crippen LogP contribution in [0.3, 0.4) is 0 Å². The van der Waals surface area contributed by atoms with Gasteiger partial charge in [0.25, 0.3) is 0 Å². The van der Waals surface area contributed by atoms with E-state index in [1.165, 1.54) is 22.1 Å². The third kappa shape index (κ3) is 1.56. The first-order valence-electron chi connectivity index (χ1n) is 5.49. The van der Waals surface area contributed by atoms with Gasteiger partial charge in [-0.05, 0) is 17.9 Å². The van der Waals surface area contributed by atoms with Gasteiger partial charge in [0.2, 0.25) is 0 Å². The fourth-order valence-corrected chi connectivity index (χ4v) is 2.67. The summed E-state index contributed by atoms with van der Waals surface area (Å²) in [6, 6.07) is 8.46. The van der Waals surface area contributed by atoms with Crippen molar-refractivity contribution < 1.29 is 0 Å². The van der Waals surface area contributed by atoms with Crippen molar-refractivity contribution in [2.24, 2.45) is 5.41 Å². The van der Waals surface area contributed by atoms with Crippen molar-refractivity contribution in [1.29, 1.82) is 0 Å². The summed E-state index contributed by atoms with van der Waals surface area (Å²) in [5.74, 6) is 0. The minimum Gasteiger partial charge on any atom is -0.0964 e. The molecule has 15 heavy (non-hydrogen) atoms. The molecule has 0 saturated carbocycles. The Bertz CT molecular complexity index is 424. The molecule has 1 aliphatic heterocycles. The predicted octanol–water partition coefficient (Wildman–Crippen LogP) is 2.43. The molecule has 1 heterocycles. The molecule has 0 amide bonds. The van der Waals surface area contributed by atoms with E-state index in [9.17, 15) is 0 Å². The zero-order valence-corrected chi connectivity index (χ0v) is 9.96. The van der Waals surface area contributed by atoms with E-state index in [1.807, 2.05) is 0 Å². The number of hydrogen-bond acceptors (Lipinski definition) is 0. The van der Waals surface area contributed by atoms with Gasteiger partial charge in [0.05, 0.1) is 0 Å². The van der Waals surface area contributed by atoms with Crippen LogP contribution in [0.2, 0.25) is 0 Å². The molecular weight excluding hydrogens is 178 g/mol. The Morgan fingerprint density at radius 3 is 2.27 bits per heavy atom. The summed E-state index contributed by atoms with van der Waals surface area (Å²) in [6.45, 7) is 8.97. The van der Waals surface area contributed by atoms with E-state index in [1.54, 1.807) is 0 Å². The fraction of sp³-hybridized carbons (Fsp3) is 0.385. The number of fused-ring (bicyclic) bond motifs is 1. The third-order valence-corrected chi connectivity index (χ3v) is 3.22. The van der Waals surface area contributed by atoms with Crippen LogP contribution in [0.25, 0.3) is 5.57 Å². The van der Waals surface area contributed by atoms with Gasteiger partial charge in [-0.1, -0.05) is 61.5 Å². The van der Waals surface area contributed by atoms with E-state index in [0.717, 1.165) is 0 Å². The minimum atomic E-state index is 0.0844. The van der Waals surface area contributed by atoms with Crippen LogP contribution in [0.15, 0.2) is 29.7 Å². The molecule has 0 N–H and O–H groups in total. The first kappa shape index (κ1) is 10.6. The quantitative estimate of drug-likeness (QED) is 0.556. The van der Waals surface area contributed by atoms with Crippen LogP contribution in [0.1, 0.15) is 33.3 Å². The van der Waals surface area contributed by atoms with Gasteiger partial charge in [-0.3, -0.25) is 0 Å². The lowest BCUT2D eigenvalue weighted by atomic mass is 9.25. The summed E-state index contributed by atoms with van der Waals surface area (Å²) in [5, 5.41) is 0. The molecule has 0 aromatic heterocycles. The molecular formula is C13H16B2. The van der Waals surface area contributed by atoms with Crippen LogP contribution in [0.4, 0.5) is 0 Å². The molecule has 0 bridgehead atoms. The van der Waals surface area contributed by atoms with Crippen molar-refractivity contribution in [3.8, 4) is 0 Å². The smallest absolute Gasteiger partial charge is 0.0964 e. The number of allylic oxidation sites excluding steroid dienone is 2. The molecule has 0 unspecified atom stereocenters. The molecule has 2 radical (unpaired) electrons. The largest absolute Gasteiger partial charge is 0.157 e. The zero-order chi connectivity index (χ0) is 11.2. The Kier molecular flexibility index (Phi) is 2.33. The molecule has 0 aliphatic carbocycles. The third-order valence-electron chi connectivity index (χ3n) is 3.22. The molecule has 0 nitrogen and oxygen atoms in total. The molecule has 0 atom stereocenters. The molecule has 1 aliphatic rings. The van der Waals surface area contributed by atoms with Crippen LogP contribution in [-0.2, 0) is 0 Å². The predicted molar refractivity (Wildman–Crippen MR) is 69.6 cm³/mol. The van der Waals surface area contributed by atoms with Crippen LogP contribution < -0.4 is 5.46 Å². The molecule has 0 saturated heterocycles. The maximum absolute atomic E-state index is 6.31. The number of hydrogen-bond donors (Lipinski definition) is 0. The van der Waals surface area contributed by atoms with Crippen molar-refractivity contribution in [2.45, 2.75) is 27.7 Å². The maximum Gasteiger partial charge on any atom is 0.157 e. The van der Waals surface area contributed by atoms with Gasteiger partial charge in [-0.25, -0.2) is 0 Å². The van der Waals surface area contributed by atoms with Crippen molar-refractivity contribution in [1.82, 2.24) is 0 Å². The topological polar surface area (TPSA) is 0 Å². The summed E-state index contributed by atoms with van der Waals surface area (Å²) in [7, 11) is 6.31. The van der Waals surface area contributed by atoms with E-state index in [0.29, 0.717) is 0 Å². The van der Waals surface area contributed by atoms with E-state index in [4.69, 9.17) is 7.74 Å². The Labute approximate surface area is 94.2 Å². The molecule has 0 fully saturated rings. The first-order valence-corrected chi connectivity index (χ1v) is 5.49. The van der Waals surface area contributed by atoms with E-state index >= 15 is 0 Å². The summed E-state index contributed by atoms with van der Waals surface area (Å²) in [5.41, 5.74) is 5.51. The highest BCUT2D eigenvalue weighted by Gasteiger charge is 2.33. The van der Waals surface area contributed by atoms with Gasteiger partial charge in [-0.15, -0.1) is 0 Å². The summed E-state index contributed by atoms with van der Waals surface area (Å²) in [6.07, 6.45) is 0. The zero-order valence-electron chi connectivity index (χ0n) is 9.96. The Morgan fingerprint density at radius 2 is 1.73 bits per heavy atom. The molecule has 0 spiro atoms. The summed E-state index contributed by atoms with van der Waals surface area (Å²) in [4.78, 5) is 0. The fourth-order valence-electron chi connectivity index (χ4n) is 2.67. The second kappa shape index (κ2) is 3.30. The minimum absolute atomic E-state index is 0.0844.